The Morgan fingerprint density at radius 3 is 2.62 bits per heavy atom. The van der Waals surface area contributed by atoms with Gasteiger partial charge in [-0.15, -0.1) is 0 Å². The van der Waals surface area contributed by atoms with Gasteiger partial charge in [0.2, 0.25) is 0 Å². The number of hydrogen-bond acceptors (Lipinski definition) is 3. The Morgan fingerprint density at radius 1 is 1.12 bits per heavy atom. The van der Waals surface area contributed by atoms with Gasteiger partial charge in [0.1, 0.15) is 11.9 Å². The highest BCUT2D eigenvalue weighted by Crippen LogP contribution is 2.23. The second-order valence-electron chi connectivity index (χ2n) is 6.92. The zero-order valence-corrected chi connectivity index (χ0v) is 15.0. The number of nitrogens with one attached hydrogen (secondary N) is 1. The Balaban J connectivity index is 1.61. The molecule has 2 heterocycles. The largest absolute Gasteiger partial charge is 0.372 e. The SMILES string of the molecule is Cc1ccc2nc(/C(C#N)=C/c3ccc(N4CCCCC4)cc3)[nH]c2c1. The van der Waals surface area contributed by atoms with Crippen LogP contribution >= 0.6 is 0 Å². The summed E-state index contributed by atoms with van der Waals surface area (Å²) in [6.45, 7) is 4.32. The Kier molecular flexibility index (Phi) is 4.45. The Labute approximate surface area is 153 Å². The molecule has 1 aliphatic heterocycles. The number of hydrogen-bond donors (Lipinski definition) is 1. The summed E-state index contributed by atoms with van der Waals surface area (Å²) in [6, 6.07) is 16.8. The fourth-order valence-electron chi connectivity index (χ4n) is 3.50. The third-order valence-electron chi connectivity index (χ3n) is 4.94. The van der Waals surface area contributed by atoms with Gasteiger partial charge in [0.15, 0.2) is 0 Å². The summed E-state index contributed by atoms with van der Waals surface area (Å²) in [5.41, 5.74) is 5.83. The number of imidazole rings is 1. The molecule has 1 aromatic heterocycles. The van der Waals surface area contributed by atoms with E-state index in [1.807, 2.05) is 31.2 Å². The lowest BCUT2D eigenvalue weighted by molar-refractivity contribution is 0.578. The molecule has 0 spiro atoms. The quantitative estimate of drug-likeness (QED) is 0.687. The molecular weight excluding hydrogens is 320 g/mol. The summed E-state index contributed by atoms with van der Waals surface area (Å²) in [4.78, 5) is 10.3. The van der Waals surface area contributed by atoms with E-state index < -0.39 is 0 Å². The van der Waals surface area contributed by atoms with Crippen molar-refractivity contribution in [2.45, 2.75) is 26.2 Å². The van der Waals surface area contributed by atoms with Crippen LogP contribution in [0.5, 0.6) is 0 Å². The molecule has 130 valence electrons. The summed E-state index contributed by atoms with van der Waals surface area (Å²) < 4.78 is 0. The van der Waals surface area contributed by atoms with Gasteiger partial charge in [-0.2, -0.15) is 5.26 Å². The van der Waals surface area contributed by atoms with E-state index in [2.05, 4.69) is 45.2 Å². The lowest BCUT2D eigenvalue weighted by atomic mass is 10.1. The Morgan fingerprint density at radius 2 is 1.88 bits per heavy atom. The summed E-state index contributed by atoms with van der Waals surface area (Å²) in [5.74, 6) is 0.619. The van der Waals surface area contributed by atoms with Crippen molar-refractivity contribution in [2.75, 3.05) is 18.0 Å². The van der Waals surface area contributed by atoms with Crippen molar-refractivity contribution < 1.29 is 0 Å². The average molecular weight is 342 g/mol. The molecular formula is C22H22N4. The number of nitrogens with zero attached hydrogens (tertiary/aromatic N) is 3. The van der Waals surface area contributed by atoms with E-state index in [9.17, 15) is 5.26 Å². The number of aromatic nitrogens is 2. The van der Waals surface area contributed by atoms with E-state index in [1.54, 1.807) is 0 Å². The number of H-pyrrole nitrogens is 1. The van der Waals surface area contributed by atoms with Crippen LogP contribution in [0.1, 0.15) is 36.2 Å². The van der Waals surface area contributed by atoms with Crippen molar-refractivity contribution in [3.05, 3.63) is 59.4 Å². The van der Waals surface area contributed by atoms with Gasteiger partial charge in [-0.1, -0.05) is 18.2 Å². The first-order valence-corrected chi connectivity index (χ1v) is 9.16. The molecule has 0 atom stereocenters. The van der Waals surface area contributed by atoms with Crippen LogP contribution in [-0.4, -0.2) is 23.1 Å². The average Bonchev–Trinajstić information content (AvgIpc) is 3.10. The maximum absolute atomic E-state index is 9.59. The van der Waals surface area contributed by atoms with Gasteiger partial charge in [-0.3, -0.25) is 0 Å². The van der Waals surface area contributed by atoms with Crippen LogP contribution in [0, 0.1) is 18.3 Å². The molecule has 0 bridgehead atoms. The summed E-state index contributed by atoms with van der Waals surface area (Å²) in [6.07, 6.45) is 5.77. The maximum Gasteiger partial charge on any atom is 0.149 e. The van der Waals surface area contributed by atoms with Gasteiger partial charge in [0, 0.05) is 18.8 Å². The zero-order valence-electron chi connectivity index (χ0n) is 15.0. The number of fused-ring (bicyclic) bond motifs is 1. The van der Waals surface area contributed by atoms with Crippen molar-refractivity contribution in [2.24, 2.45) is 0 Å². The van der Waals surface area contributed by atoms with E-state index in [0.717, 1.165) is 29.7 Å². The number of benzene rings is 2. The molecule has 1 fully saturated rings. The van der Waals surface area contributed by atoms with Crippen molar-refractivity contribution in [1.82, 2.24) is 9.97 Å². The molecule has 1 aliphatic rings. The Bertz CT molecular complexity index is 983. The lowest BCUT2D eigenvalue weighted by Crippen LogP contribution is -2.29. The van der Waals surface area contributed by atoms with E-state index >= 15 is 0 Å². The maximum atomic E-state index is 9.59. The molecule has 1 N–H and O–H groups in total. The minimum atomic E-state index is 0.546. The van der Waals surface area contributed by atoms with Gasteiger partial charge in [-0.05, 0) is 67.7 Å². The molecule has 0 aliphatic carbocycles. The van der Waals surface area contributed by atoms with Gasteiger partial charge >= 0.3 is 0 Å². The Hall–Kier alpha value is -3.06. The van der Waals surface area contributed by atoms with Gasteiger partial charge in [-0.25, -0.2) is 4.98 Å². The van der Waals surface area contributed by atoms with Gasteiger partial charge in [0.25, 0.3) is 0 Å². The third kappa shape index (κ3) is 3.34. The molecule has 4 heteroatoms. The van der Waals surface area contributed by atoms with Crippen LogP contribution in [0.2, 0.25) is 0 Å². The summed E-state index contributed by atoms with van der Waals surface area (Å²) in [5, 5.41) is 9.59. The highest BCUT2D eigenvalue weighted by molar-refractivity contribution is 5.90. The van der Waals surface area contributed by atoms with E-state index in [-0.39, 0.29) is 0 Å². The fourth-order valence-corrected chi connectivity index (χ4v) is 3.50. The van der Waals surface area contributed by atoms with Crippen LogP contribution < -0.4 is 4.90 Å². The van der Waals surface area contributed by atoms with Crippen molar-refractivity contribution in [1.29, 1.82) is 5.26 Å². The monoisotopic (exact) mass is 342 g/mol. The lowest BCUT2D eigenvalue weighted by Gasteiger charge is -2.28. The molecule has 4 nitrogen and oxygen atoms in total. The highest BCUT2D eigenvalue weighted by atomic mass is 15.1. The molecule has 0 saturated carbocycles. The minimum Gasteiger partial charge on any atom is -0.372 e. The predicted molar refractivity (Wildman–Crippen MR) is 107 cm³/mol. The van der Waals surface area contributed by atoms with E-state index in [4.69, 9.17) is 0 Å². The standard InChI is InChI=1S/C22H22N4/c1-16-5-10-20-21(13-16)25-22(24-20)18(15-23)14-17-6-8-19(9-7-17)26-11-3-2-4-12-26/h5-10,13-14H,2-4,11-12H2,1H3,(H,24,25)/b18-14+. The van der Waals surface area contributed by atoms with Gasteiger partial charge < -0.3 is 9.88 Å². The van der Waals surface area contributed by atoms with Gasteiger partial charge in [0.05, 0.1) is 16.6 Å². The zero-order chi connectivity index (χ0) is 17.9. The molecule has 0 radical (unpaired) electrons. The smallest absolute Gasteiger partial charge is 0.149 e. The molecule has 1 saturated heterocycles. The van der Waals surface area contributed by atoms with E-state index in [0.29, 0.717) is 11.4 Å². The van der Waals surface area contributed by atoms with Crippen LogP contribution in [0.25, 0.3) is 22.7 Å². The van der Waals surface area contributed by atoms with Crippen molar-refractivity contribution in [3.8, 4) is 6.07 Å². The topological polar surface area (TPSA) is 55.7 Å². The minimum absolute atomic E-state index is 0.546. The third-order valence-corrected chi connectivity index (χ3v) is 4.94. The predicted octanol–water partition coefficient (Wildman–Crippen LogP) is 4.93. The molecule has 26 heavy (non-hydrogen) atoms. The molecule has 4 rings (SSSR count). The van der Waals surface area contributed by atoms with Crippen LogP contribution in [0.4, 0.5) is 5.69 Å². The second kappa shape index (κ2) is 7.05. The van der Waals surface area contributed by atoms with Crippen molar-refractivity contribution >= 4 is 28.4 Å². The first-order chi connectivity index (χ1) is 12.7. The van der Waals surface area contributed by atoms with Crippen LogP contribution in [0.15, 0.2) is 42.5 Å². The molecule has 3 aromatic rings. The first kappa shape index (κ1) is 16.4. The molecule has 0 amide bonds. The number of aromatic amines is 1. The van der Waals surface area contributed by atoms with Crippen LogP contribution in [-0.2, 0) is 0 Å². The summed E-state index contributed by atoms with van der Waals surface area (Å²) >= 11 is 0. The number of nitriles is 1. The number of anilines is 1. The number of rotatable bonds is 3. The first-order valence-electron chi connectivity index (χ1n) is 9.16. The fraction of sp³-hybridized carbons (Fsp3) is 0.273. The molecule has 0 unspecified atom stereocenters. The number of aryl methyl sites for hydroxylation is 1. The van der Waals surface area contributed by atoms with E-state index in [1.165, 1.54) is 30.5 Å². The number of allylic oxidation sites excluding steroid dienone is 1. The normalized spacial score (nSPS) is 15.2. The second-order valence-corrected chi connectivity index (χ2v) is 6.92. The number of piperidine rings is 1. The molecule has 2 aromatic carbocycles. The van der Waals surface area contributed by atoms with Crippen LogP contribution in [0.3, 0.4) is 0 Å². The van der Waals surface area contributed by atoms with Crippen molar-refractivity contribution in [3.63, 3.8) is 0 Å². The highest BCUT2D eigenvalue weighted by Gasteiger charge is 2.11. The summed E-state index contributed by atoms with van der Waals surface area (Å²) in [7, 11) is 0.